The van der Waals surface area contributed by atoms with E-state index in [1.54, 1.807) is 0 Å². The van der Waals surface area contributed by atoms with Gasteiger partial charge in [0.2, 0.25) is 5.91 Å². The predicted octanol–water partition coefficient (Wildman–Crippen LogP) is 1.19. The highest BCUT2D eigenvalue weighted by atomic mass is 19.4. The standard InChI is InChI=1S/C6H8F3NO/c1-10(2)5(11)3-4-6(7,8)9/h3-4H,1-2H3/b4-3+. The molecular formula is C6H8F3NO. The van der Waals surface area contributed by atoms with Crippen LogP contribution < -0.4 is 0 Å². The van der Waals surface area contributed by atoms with Crippen LogP contribution in [0.4, 0.5) is 13.2 Å². The Bertz CT molecular complexity index is 171. The Balaban J connectivity index is 4.05. The van der Waals surface area contributed by atoms with Crippen molar-refractivity contribution >= 4 is 5.91 Å². The number of nitrogens with zero attached hydrogens (tertiary/aromatic N) is 1. The van der Waals surface area contributed by atoms with Crippen molar-refractivity contribution in [3.8, 4) is 0 Å². The molecule has 64 valence electrons. The molecule has 0 aliphatic heterocycles. The van der Waals surface area contributed by atoms with E-state index in [4.69, 9.17) is 0 Å². The highest BCUT2D eigenvalue weighted by Gasteiger charge is 2.22. The number of rotatable bonds is 1. The number of hydrogen-bond donors (Lipinski definition) is 0. The molecule has 0 bridgehead atoms. The van der Waals surface area contributed by atoms with Crippen molar-refractivity contribution in [3.63, 3.8) is 0 Å². The second-order valence-electron chi connectivity index (χ2n) is 2.11. The van der Waals surface area contributed by atoms with E-state index < -0.39 is 12.1 Å². The molecule has 0 aliphatic rings. The van der Waals surface area contributed by atoms with Crippen LogP contribution in [0.5, 0.6) is 0 Å². The number of carbonyl (C=O) groups is 1. The number of carbonyl (C=O) groups excluding carboxylic acids is 1. The Morgan fingerprint density at radius 3 is 2.09 bits per heavy atom. The molecule has 0 saturated heterocycles. The molecule has 0 N–H and O–H groups in total. The van der Waals surface area contributed by atoms with Crippen LogP contribution in [0.3, 0.4) is 0 Å². The lowest BCUT2D eigenvalue weighted by Gasteiger charge is -2.05. The maximum Gasteiger partial charge on any atom is 0.409 e. The molecule has 0 radical (unpaired) electrons. The van der Waals surface area contributed by atoms with Gasteiger partial charge in [-0.05, 0) is 0 Å². The summed E-state index contributed by atoms with van der Waals surface area (Å²) in [5, 5.41) is 0. The molecule has 0 aromatic rings. The second-order valence-corrected chi connectivity index (χ2v) is 2.11. The zero-order valence-corrected chi connectivity index (χ0v) is 6.14. The fraction of sp³-hybridized carbons (Fsp3) is 0.500. The minimum absolute atomic E-state index is 0.0880. The van der Waals surface area contributed by atoms with Gasteiger partial charge in [-0.2, -0.15) is 13.2 Å². The summed E-state index contributed by atoms with van der Waals surface area (Å²) in [6.07, 6.45) is -4.01. The Kier molecular flexibility index (Phi) is 3.10. The minimum Gasteiger partial charge on any atom is -0.345 e. The van der Waals surface area contributed by atoms with Crippen molar-refractivity contribution < 1.29 is 18.0 Å². The van der Waals surface area contributed by atoms with Gasteiger partial charge in [0.25, 0.3) is 0 Å². The number of halogens is 3. The topological polar surface area (TPSA) is 20.3 Å². The number of allylic oxidation sites excluding steroid dienone is 1. The van der Waals surface area contributed by atoms with E-state index in [0.717, 1.165) is 4.90 Å². The van der Waals surface area contributed by atoms with Gasteiger partial charge in [-0.25, -0.2) is 0 Å². The molecule has 0 aromatic heterocycles. The summed E-state index contributed by atoms with van der Waals surface area (Å²) in [5.74, 6) is -0.678. The van der Waals surface area contributed by atoms with Crippen LogP contribution in [0.1, 0.15) is 0 Å². The van der Waals surface area contributed by atoms with Gasteiger partial charge >= 0.3 is 6.18 Å². The van der Waals surface area contributed by atoms with Crippen molar-refractivity contribution in [1.29, 1.82) is 0 Å². The Morgan fingerprint density at radius 2 is 1.82 bits per heavy atom. The number of alkyl halides is 3. The summed E-state index contributed by atoms with van der Waals surface area (Å²) in [6.45, 7) is 0. The molecule has 0 spiro atoms. The minimum atomic E-state index is -4.41. The largest absolute Gasteiger partial charge is 0.409 e. The van der Waals surface area contributed by atoms with Gasteiger partial charge in [0.15, 0.2) is 0 Å². The van der Waals surface area contributed by atoms with Crippen LogP contribution in [-0.4, -0.2) is 31.1 Å². The van der Waals surface area contributed by atoms with E-state index >= 15 is 0 Å². The predicted molar refractivity (Wildman–Crippen MR) is 33.9 cm³/mol. The molecule has 0 atom stereocenters. The smallest absolute Gasteiger partial charge is 0.345 e. The van der Waals surface area contributed by atoms with Gasteiger partial charge in [0.1, 0.15) is 0 Å². The highest BCUT2D eigenvalue weighted by molar-refractivity contribution is 5.87. The molecule has 0 heterocycles. The van der Waals surface area contributed by atoms with Gasteiger partial charge < -0.3 is 4.90 Å². The van der Waals surface area contributed by atoms with E-state index in [2.05, 4.69) is 0 Å². The van der Waals surface area contributed by atoms with Gasteiger partial charge in [0, 0.05) is 26.2 Å². The lowest BCUT2D eigenvalue weighted by molar-refractivity contribution is -0.124. The van der Waals surface area contributed by atoms with Crippen LogP contribution in [0, 0.1) is 0 Å². The molecule has 0 saturated carbocycles. The number of hydrogen-bond acceptors (Lipinski definition) is 1. The van der Waals surface area contributed by atoms with E-state index in [1.165, 1.54) is 14.1 Å². The maximum atomic E-state index is 11.4. The van der Waals surface area contributed by atoms with Crippen molar-refractivity contribution in [2.75, 3.05) is 14.1 Å². The molecule has 1 amide bonds. The van der Waals surface area contributed by atoms with Gasteiger partial charge in [-0.1, -0.05) is 0 Å². The van der Waals surface area contributed by atoms with E-state index in [0.29, 0.717) is 6.08 Å². The average molecular weight is 167 g/mol. The number of likely N-dealkylation sites (N-methyl/N-ethyl adjacent to an activating group) is 1. The van der Waals surface area contributed by atoms with Crippen molar-refractivity contribution in [2.24, 2.45) is 0 Å². The Morgan fingerprint density at radius 1 is 1.36 bits per heavy atom. The molecule has 0 aromatic carbocycles. The summed E-state index contributed by atoms with van der Waals surface area (Å²) in [5.41, 5.74) is 0. The summed E-state index contributed by atoms with van der Waals surface area (Å²) in [7, 11) is 2.76. The molecule has 2 nitrogen and oxygen atoms in total. The zero-order valence-electron chi connectivity index (χ0n) is 6.14. The molecule has 11 heavy (non-hydrogen) atoms. The first-order valence-corrected chi connectivity index (χ1v) is 2.80. The van der Waals surface area contributed by atoms with E-state index in [9.17, 15) is 18.0 Å². The van der Waals surface area contributed by atoms with Crippen molar-refractivity contribution in [1.82, 2.24) is 4.90 Å². The van der Waals surface area contributed by atoms with E-state index in [-0.39, 0.29) is 6.08 Å². The average Bonchev–Trinajstić information content (AvgIpc) is 1.80. The molecule has 0 aliphatic carbocycles. The number of amides is 1. The van der Waals surface area contributed by atoms with Crippen LogP contribution >= 0.6 is 0 Å². The SMILES string of the molecule is CN(C)C(=O)/C=C/C(F)(F)F. The Labute approximate surface area is 62.3 Å². The highest BCUT2D eigenvalue weighted by Crippen LogP contribution is 2.15. The van der Waals surface area contributed by atoms with Gasteiger partial charge in [0.05, 0.1) is 0 Å². The van der Waals surface area contributed by atoms with Gasteiger partial charge in [-0.15, -0.1) is 0 Å². The third-order valence-electron chi connectivity index (χ3n) is 0.856. The van der Waals surface area contributed by atoms with E-state index in [1.807, 2.05) is 0 Å². The van der Waals surface area contributed by atoms with Crippen LogP contribution in [0.25, 0.3) is 0 Å². The molecule has 0 unspecified atom stereocenters. The zero-order chi connectivity index (χ0) is 9.07. The Hall–Kier alpha value is -1.00. The fourth-order valence-electron chi connectivity index (χ4n) is 0.315. The molecule has 0 rings (SSSR count). The van der Waals surface area contributed by atoms with Crippen LogP contribution in [-0.2, 0) is 4.79 Å². The summed E-state index contributed by atoms with van der Waals surface area (Å²) < 4.78 is 34.3. The quantitative estimate of drug-likeness (QED) is 0.537. The second kappa shape index (κ2) is 3.41. The van der Waals surface area contributed by atoms with Crippen LogP contribution in [0.2, 0.25) is 0 Å². The van der Waals surface area contributed by atoms with Gasteiger partial charge in [-0.3, -0.25) is 4.79 Å². The molecule has 0 fully saturated rings. The first kappa shape index (κ1) is 10.0. The fourth-order valence-corrected chi connectivity index (χ4v) is 0.315. The maximum absolute atomic E-state index is 11.4. The van der Waals surface area contributed by atoms with Crippen molar-refractivity contribution in [3.05, 3.63) is 12.2 Å². The van der Waals surface area contributed by atoms with Crippen LogP contribution in [0.15, 0.2) is 12.2 Å². The summed E-state index contributed by atoms with van der Waals surface area (Å²) in [4.78, 5) is 11.6. The van der Waals surface area contributed by atoms with Crippen molar-refractivity contribution in [2.45, 2.75) is 6.18 Å². The molecule has 5 heteroatoms. The first-order chi connectivity index (χ1) is 4.83. The monoisotopic (exact) mass is 167 g/mol. The summed E-state index contributed by atoms with van der Waals surface area (Å²) in [6, 6.07) is 0. The third kappa shape index (κ3) is 5.44. The third-order valence-corrected chi connectivity index (χ3v) is 0.856. The lowest BCUT2D eigenvalue weighted by Crippen LogP contribution is -2.19. The molecular weight excluding hydrogens is 159 g/mol. The lowest BCUT2D eigenvalue weighted by atomic mass is 10.4. The normalized spacial score (nSPS) is 12.1. The first-order valence-electron chi connectivity index (χ1n) is 2.80. The summed E-state index contributed by atoms with van der Waals surface area (Å²) >= 11 is 0.